The number of halogens is 1. The molecule has 2 rings (SSSR count). The molecule has 0 radical (unpaired) electrons. The molecule has 0 spiro atoms. The second-order valence-electron chi connectivity index (χ2n) is 4.72. The van der Waals surface area contributed by atoms with E-state index in [-0.39, 0.29) is 5.91 Å². The Bertz CT molecular complexity index is 465. The summed E-state index contributed by atoms with van der Waals surface area (Å²) in [5.41, 5.74) is 0.663. The third-order valence-electron chi connectivity index (χ3n) is 3.52. The van der Waals surface area contributed by atoms with Crippen LogP contribution in [0.15, 0.2) is 22.7 Å². The van der Waals surface area contributed by atoms with E-state index in [9.17, 15) is 4.79 Å². The Morgan fingerprint density at radius 2 is 2.32 bits per heavy atom. The fourth-order valence-electron chi connectivity index (χ4n) is 2.36. The Morgan fingerprint density at radius 1 is 1.53 bits per heavy atom. The molecule has 5 heteroatoms. The Kier molecular flexibility index (Phi) is 4.82. The number of nitrogens with zero attached hydrogens (tertiary/aromatic N) is 1. The van der Waals surface area contributed by atoms with E-state index in [1.165, 1.54) is 0 Å². The highest BCUT2D eigenvalue weighted by Crippen LogP contribution is 2.25. The van der Waals surface area contributed by atoms with Crippen LogP contribution in [0.5, 0.6) is 5.75 Å². The predicted octanol–water partition coefficient (Wildman–Crippen LogP) is 2.28. The second kappa shape index (κ2) is 6.39. The number of rotatable bonds is 3. The summed E-state index contributed by atoms with van der Waals surface area (Å²) in [5.74, 6) is 0.763. The summed E-state index contributed by atoms with van der Waals surface area (Å²) in [5, 5.41) is 3.25. The van der Waals surface area contributed by atoms with Gasteiger partial charge in [-0.2, -0.15) is 0 Å². The van der Waals surface area contributed by atoms with Crippen LogP contribution in [0, 0.1) is 0 Å². The minimum absolute atomic E-state index is 0.0609. The van der Waals surface area contributed by atoms with Crippen LogP contribution >= 0.6 is 15.9 Å². The van der Waals surface area contributed by atoms with E-state index in [1.54, 1.807) is 13.2 Å². The van der Waals surface area contributed by atoms with Gasteiger partial charge in [-0.1, -0.05) is 0 Å². The van der Waals surface area contributed by atoms with Crippen LogP contribution < -0.4 is 10.1 Å². The van der Waals surface area contributed by atoms with Crippen LogP contribution in [-0.4, -0.2) is 44.1 Å². The van der Waals surface area contributed by atoms with Crippen molar-refractivity contribution < 1.29 is 9.53 Å². The van der Waals surface area contributed by atoms with Crippen molar-refractivity contribution >= 4 is 21.8 Å². The number of likely N-dealkylation sites (tertiary alicyclic amines) is 1. The first-order chi connectivity index (χ1) is 9.15. The molecule has 1 saturated heterocycles. The van der Waals surface area contributed by atoms with Crippen molar-refractivity contribution in [3.05, 3.63) is 28.2 Å². The molecule has 1 amide bonds. The fourth-order valence-corrected chi connectivity index (χ4v) is 2.78. The van der Waals surface area contributed by atoms with E-state index in [0.29, 0.717) is 17.4 Å². The van der Waals surface area contributed by atoms with E-state index in [1.807, 2.05) is 24.1 Å². The molecular weight excluding hydrogens is 308 g/mol. The number of benzene rings is 1. The molecule has 0 aromatic heterocycles. The van der Waals surface area contributed by atoms with Crippen molar-refractivity contribution in [3.63, 3.8) is 0 Å². The number of piperidine rings is 1. The van der Waals surface area contributed by atoms with Crippen LogP contribution in [-0.2, 0) is 0 Å². The summed E-state index contributed by atoms with van der Waals surface area (Å²) in [4.78, 5) is 14.5. The number of carbonyl (C=O) groups excluding carboxylic acids is 1. The number of carbonyl (C=O) groups is 1. The zero-order chi connectivity index (χ0) is 13.8. The van der Waals surface area contributed by atoms with E-state index < -0.39 is 0 Å². The van der Waals surface area contributed by atoms with Gasteiger partial charge >= 0.3 is 0 Å². The largest absolute Gasteiger partial charge is 0.497 e. The molecule has 4 nitrogen and oxygen atoms in total. The summed E-state index contributed by atoms with van der Waals surface area (Å²) in [6.07, 6.45) is 2.17. The number of hydrogen-bond donors (Lipinski definition) is 1. The van der Waals surface area contributed by atoms with Gasteiger partial charge in [-0.25, -0.2) is 0 Å². The summed E-state index contributed by atoms with van der Waals surface area (Å²) >= 11 is 3.44. The maximum atomic E-state index is 12.6. The first kappa shape index (κ1) is 14.3. The van der Waals surface area contributed by atoms with Gasteiger partial charge in [0.15, 0.2) is 0 Å². The predicted molar refractivity (Wildman–Crippen MR) is 78.7 cm³/mol. The van der Waals surface area contributed by atoms with Crippen molar-refractivity contribution in [2.75, 3.05) is 27.2 Å². The molecule has 1 aliphatic rings. The number of hydrogen-bond acceptors (Lipinski definition) is 3. The maximum Gasteiger partial charge on any atom is 0.255 e. The van der Waals surface area contributed by atoms with Crippen molar-refractivity contribution in [1.82, 2.24) is 10.2 Å². The minimum atomic E-state index is 0.0609. The quantitative estimate of drug-likeness (QED) is 0.926. The Balaban J connectivity index is 2.18. The summed E-state index contributed by atoms with van der Waals surface area (Å²) in [6.45, 7) is 1.58. The Labute approximate surface area is 122 Å². The van der Waals surface area contributed by atoms with Crippen molar-refractivity contribution in [2.45, 2.75) is 18.9 Å². The highest BCUT2D eigenvalue weighted by atomic mass is 79.9. The maximum absolute atomic E-state index is 12.6. The fraction of sp³-hybridized carbons (Fsp3) is 0.500. The van der Waals surface area contributed by atoms with Crippen LogP contribution in [0.2, 0.25) is 0 Å². The molecule has 1 heterocycles. The topological polar surface area (TPSA) is 41.6 Å². The van der Waals surface area contributed by atoms with E-state index in [2.05, 4.69) is 21.2 Å². The Morgan fingerprint density at radius 3 is 3.00 bits per heavy atom. The third kappa shape index (κ3) is 3.28. The number of nitrogens with one attached hydrogen (secondary N) is 1. The lowest BCUT2D eigenvalue weighted by atomic mass is 10.0. The summed E-state index contributed by atoms with van der Waals surface area (Å²) in [6, 6.07) is 5.87. The average molecular weight is 327 g/mol. The van der Waals surface area contributed by atoms with Gasteiger partial charge in [0.25, 0.3) is 5.91 Å². The molecule has 1 atom stereocenters. The van der Waals surface area contributed by atoms with Crippen LogP contribution in [0.4, 0.5) is 0 Å². The third-order valence-corrected chi connectivity index (χ3v) is 4.21. The molecule has 1 unspecified atom stereocenters. The van der Waals surface area contributed by atoms with Gasteiger partial charge in [-0.3, -0.25) is 4.79 Å². The van der Waals surface area contributed by atoms with E-state index >= 15 is 0 Å². The van der Waals surface area contributed by atoms with Crippen molar-refractivity contribution in [2.24, 2.45) is 0 Å². The van der Waals surface area contributed by atoms with Gasteiger partial charge in [-0.15, -0.1) is 0 Å². The SMILES string of the molecule is CNC1CCCN(C(=O)c2cc(OC)ccc2Br)C1. The van der Waals surface area contributed by atoms with Crippen molar-refractivity contribution in [3.8, 4) is 5.75 Å². The molecule has 1 aromatic rings. The molecule has 104 valence electrons. The van der Waals surface area contributed by atoms with Gasteiger partial charge < -0.3 is 15.0 Å². The lowest BCUT2D eigenvalue weighted by Crippen LogP contribution is -2.47. The summed E-state index contributed by atoms with van der Waals surface area (Å²) < 4.78 is 6.00. The number of ether oxygens (including phenoxy) is 1. The molecule has 0 bridgehead atoms. The monoisotopic (exact) mass is 326 g/mol. The molecule has 1 aromatic carbocycles. The Hall–Kier alpha value is -1.07. The lowest BCUT2D eigenvalue weighted by molar-refractivity contribution is 0.0697. The molecule has 1 fully saturated rings. The molecule has 1 aliphatic heterocycles. The van der Waals surface area contributed by atoms with Gasteiger partial charge in [0.1, 0.15) is 5.75 Å². The van der Waals surface area contributed by atoms with Gasteiger partial charge in [0, 0.05) is 23.6 Å². The van der Waals surface area contributed by atoms with E-state index in [0.717, 1.165) is 30.4 Å². The standard InChI is InChI=1S/C14H19BrN2O2/c1-16-10-4-3-7-17(9-10)14(18)12-8-11(19-2)5-6-13(12)15/h5-6,8,10,16H,3-4,7,9H2,1-2H3. The van der Waals surface area contributed by atoms with Crippen LogP contribution in [0.3, 0.4) is 0 Å². The first-order valence-electron chi connectivity index (χ1n) is 6.45. The van der Waals surface area contributed by atoms with E-state index in [4.69, 9.17) is 4.74 Å². The van der Waals surface area contributed by atoms with Crippen LogP contribution in [0.1, 0.15) is 23.2 Å². The second-order valence-corrected chi connectivity index (χ2v) is 5.58. The average Bonchev–Trinajstić information content (AvgIpc) is 2.47. The normalized spacial score (nSPS) is 19.3. The molecule has 19 heavy (non-hydrogen) atoms. The molecule has 1 N–H and O–H groups in total. The van der Waals surface area contributed by atoms with Crippen molar-refractivity contribution in [1.29, 1.82) is 0 Å². The van der Waals surface area contributed by atoms with Gasteiger partial charge in [-0.05, 0) is 54.0 Å². The molecule has 0 saturated carbocycles. The number of methoxy groups -OCH3 is 1. The highest BCUT2D eigenvalue weighted by molar-refractivity contribution is 9.10. The minimum Gasteiger partial charge on any atom is -0.497 e. The van der Waals surface area contributed by atoms with Gasteiger partial charge in [0.05, 0.1) is 12.7 Å². The lowest BCUT2D eigenvalue weighted by Gasteiger charge is -2.32. The summed E-state index contributed by atoms with van der Waals surface area (Å²) in [7, 11) is 3.55. The number of amides is 1. The zero-order valence-corrected chi connectivity index (χ0v) is 12.9. The first-order valence-corrected chi connectivity index (χ1v) is 7.25. The molecule has 0 aliphatic carbocycles. The van der Waals surface area contributed by atoms with Gasteiger partial charge in [0.2, 0.25) is 0 Å². The molecular formula is C14H19BrN2O2. The smallest absolute Gasteiger partial charge is 0.255 e. The van der Waals surface area contributed by atoms with Crippen LogP contribution in [0.25, 0.3) is 0 Å². The number of likely N-dealkylation sites (N-methyl/N-ethyl adjacent to an activating group) is 1. The highest BCUT2D eigenvalue weighted by Gasteiger charge is 2.24. The zero-order valence-electron chi connectivity index (χ0n) is 11.3.